The summed E-state index contributed by atoms with van der Waals surface area (Å²) in [5.41, 5.74) is 0. The number of hydrogen-bond donors (Lipinski definition) is 3. The average molecular weight is 215 g/mol. The third-order valence-corrected chi connectivity index (χ3v) is 0.183. The van der Waals surface area contributed by atoms with E-state index in [1.807, 2.05) is 0 Å². The van der Waals surface area contributed by atoms with Gasteiger partial charge in [0, 0.05) is 0 Å². The number of carboxylic acids is 2. The zero-order valence-corrected chi connectivity index (χ0v) is 8.23. The van der Waals surface area contributed by atoms with Crippen molar-refractivity contribution < 1.29 is 54.4 Å². The van der Waals surface area contributed by atoms with Gasteiger partial charge in [-0.25, -0.2) is 9.59 Å². The monoisotopic (exact) mass is 214 g/mol. The Morgan fingerprint density at radius 2 is 1.18 bits per heavy atom. The molecule has 0 saturated heterocycles. The molecule has 0 aromatic carbocycles. The van der Waals surface area contributed by atoms with Gasteiger partial charge in [-0.1, -0.05) is 0 Å². The number of hydrogen-bond acceptors (Lipinski definition) is 5. The zero-order valence-electron chi connectivity index (χ0n) is 5.26. The molecule has 0 spiro atoms. The Morgan fingerprint density at radius 1 is 1.09 bits per heavy atom. The Balaban J connectivity index is -0.000000114. The molecule has 0 bridgehead atoms. The smallest absolute Gasteiger partial charge is 0.871 e. The van der Waals surface area contributed by atoms with Crippen LogP contribution in [-0.2, 0) is 29.1 Å². The third kappa shape index (κ3) is 43.6. The summed E-state index contributed by atoms with van der Waals surface area (Å²) < 4.78 is 0. The minimum absolute atomic E-state index is 0. The molecule has 0 rings (SSSR count). The molecule has 0 saturated carbocycles. The summed E-state index contributed by atoms with van der Waals surface area (Å²) in [6.07, 6.45) is 0. The van der Waals surface area contributed by atoms with E-state index in [1.165, 1.54) is 0 Å². The Kier molecular flexibility index (Phi) is 14.6. The molecule has 9 heteroatoms. The van der Waals surface area contributed by atoms with Crippen LogP contribution >= 0.6 is 0 Å². The van der Waals surface area contributed by atoms with Gasteiger partial charge in [0.1, 0.15) is 0 Å². The Bertz CT molecular complexity index is 109. The molecule has 0 fully saturated rings. The quantitative estimate of drug-likeness (QED) is 0.275. The fourth-order valence-electron chi connectivity index (χ4n) is 0. The molecule has 0 atom stereocenters. The largest absolute Gasteiger partial charge is 2.00 e. The molecular formula is C2H3BO7Zn. The van der Waals surface area contributed by atoms with E-state index in [1.54, 1.807) is 0 Å². The van der Waals surface area contributed by atoms with Gasteiger partial charge in [-0.05, 0) is 0 Å². The van der Waals surface area contributed by atoms with E-state index in [4.69, 9.17) is 34.9 Å². The molecule has 0 aliphatic heterocycles. The van der Waals surface area contributed by atoms with E-state index >= 15 is 0 Å². The molecule has 0 aromatic rings. The van der Waals surface area contributed by atoms with E-state index in [0.717, 1.165) is 0 Å². The number of aliphatic carboxylic acids is 2. The summed E-state index contributed by atoms with van der Waals surface area (Å²) in [4.78, 5) is 18.2. The fraction of sp³-hybridized carbons (Fsp3) is 0. The number of carboxylic acid groups (broad SMARTS) is 2. The van der Waals surface area contributed by atoms with Gasteiger partial charge < -0.3 is 25.3 Å². The molecule has 7 nitrogen and oxygen atoms in total. The average Bonchev–Trinajstić information content (AvgIpc) is 1.63. The van der Waals surface area contributed by atoms with E-state index in [2.05, 4.69) is 0 Å². The van der Waals surface area contributed by atoms with Crippen LogP contribution in [0.15, 0.2) is 0 Å². The summed E-state index contributed by atoms with van der Waals surface area (Å²) in [6, 6.07) is 0. The van der Waals surface area contributed by atoms with Gasteiger partial charge >= 0.3 is 31.4 Å². The Hall–Kier alpha value is -0.492. The van der Waals surface area contributed by atoms with E-state index < -0.39 is 19.3 Å². The van der Waals surface area contributed by atoms with Gasteiger partial charge in [0.05, 0.1) is 7.32 Å². The summed E-state index contributed by atoms with van der Waals surface area (Å²) in [5.74, 6) is -3.65. The Morgan fingerprint density at radius 3 is 1.18 bits per heavy atom. The maximum atomic E-state index is 9.10. The minimum atomic E-state index is -2.67. The SMILES string of the molecule is O=C(O)C(=O)O.[O-]B([O-])O.[Zn+2]. The van der Waals surface area contributed by atoms with Gasteiger partial charge in [-0.2, -0.15) is 0 Å². The van der Waals surface area contributed by atoms with Crippen molar-refractivity contribution in [1.82, 2.24) is 0 Å². The molecule has 0 heterocycles. The summed E-state index contributed by atoms with van der Waals surface area (Å²) >= 11 is 0. The second kappa shape index (κ2) is 9.51. The van der Waals surface area contributed by atoms with Crippen LogP contribution in [0.25, 0.3) is 0 Å². The second-order valence-corrected chi connectivity index (χ2v) is 0.917. The van der Waals surface area contributed by atoms with Gasteiger partial charge in [0.15, 0.2) is 0 Å². The normalized spacial score (nSPS) is 6.45. The van der Waals surface area contributed by atoms with E-state index in [-0.39, 0.29) is 19.5 Å². The second-order valence-electron chi connectivity index (χ2n) is 0.917. The molecule has 58 valence electrons. The Labute approximate surface area is 74.2 Å². The first-order chi connectivity index (χ1) is 4.37. The molecule has 0 amide bonds. The molecule has 0 radical (unpaired) electrons. The van der Waals surface area contributed by atoms with Crippen LogP contribution in [0, 0.1) is 0 Å². The minimum Gasteiger partial charge on any atom is -0.871 e. The predicted molar refractivity (Wildman–Crippen MR) is 23.2 cm³/mol. The predicted octanol–water partition coefficient (Wildman–Crippen LogP) is -4.16. The van der Waals surface area contributed by atoms with Crippen LogP contribution in [0.4, 0.5) is 0 Å². The number of carbonyl (C=O) groups is 2. The summed E-state index contributed by atoms with van der Waals surface area (Å²) in [6.45, 7) is 0. The first-order valence-electron chi connectivity index (χ1n) is 1.84. The van der Waals surface area contributed by atoms with Crippen molar-refractivity contribution in [3.8, 4) is 0 Å². The molecule has 0 unspecified atom stereocenters. The van der Waals surface area contributed by atoms with Crippen molar-refractivity contribution in [3.63, 3.8) is 0 Å². The van der Waals surface area contributed by atoms with Gasteiger partial charge in [0.2, 0.25) is 0 Å². The fourth-order valence-corrected chi connectivity index (χ4v) is 0. The molecule has 11 heavy (non-hydrogen) atoms. The molecule has 0 aliphatic rings. The van der Waals surface area contributed by atoms with Crippen LogP contribution in [0.2, 0.25) is 0 Å². The van der Waals surface area contributed by atoms with Crippen LogP contribution in [0.5, 0.6) is 0 Å². The van der Waals surface area contributed by atoms with Crippen molar-refractivity contribution in [3.05, 3.63) is 0 Å². The zero-order chi connectivity index (χ0) is 8.73. The number of rotatable bonds is 0. The van der Waals surface area contributed by atoms with Crippen LogP contribution < -0.4 is 10.0 Å². The molecule has 0 aromatic heterocycles. The standard InChI is InChI=1S/C2H2O4.BHO3.Zn/c3-1(4)2(5)6;2-1(3)4;/h(H,3,4)(H,5,6);2H;/q;-2;+2. The summed E-state index contributed by atoms with van der Waals surface area (Å²) in [5, 5.41) is 38.8. The van der Waals surface area contributed by atoms with Crippen LogP contribution in [0.3, 0.4) is 0 Å². The topological polar surface area (TPSA) is 141 Å². The van der Waals surface area contributed by atoms with Crippen molar-refractivity contribution in [2.75, 3.05) is 0 Å². The first kappa shape index (κ1) is 16.9. The molecule has 3 N–H and O–H groups in total. The van der Waals surface area contributed by atoms with Crippen LogP contribution in [0.1, 0.15) is 0 Å². The van der Waals surface area contributed by atoms with Crippen molar-refractivity contribution in [2.45, 2.75) is 0 Å². The van der Waals surface area contributed by atoms with Crippen molar-refractivity contribution in [2.24, 2.45) is 0 Å². The maximum Gasteiger partial charge on any atom is 2.00 e. The van der Waals surface area contributed by atoms with Gasteiger partial charge in [-0.15, -0.1) is 0 Å². The van der Waals surface area contributed by atoms with Gasteiger partial charge in [-0.3, -0.25) is 0 Å². The molecule has 0 aliphatic carbocycles. The molecular weight excluding hydrogens is 212 g/mol. The van der Waals surface area contributed by atoms with Crippen molar-refractivity contribution in [1.29, 1.82) is 0 Å². The van der Waals surface area contributed by atoms with E-state index in [0.29, 0.717) is 0 Å². The van der Waals surface area contributed by atoms with Crippen molar-refractivity contribution >= 4 is 19.3 Å². The van der Waals surface area contributed by atoms with Crippen LogP contribution in [-0.4, -0.2) is 34.5 Å². The first-order valence-corrected chi connectivity index (χ1v) is 1.84. The summed E-state index contributed by atoms with van der Waals surface area (Å²) in [7, 11) is -2.67. The van der Waals surface area contributed by atoms with Gasteiger partial charge in [0.25, 0.3) is 0 Å². The maximum absolute atomic E-state index is 9.10. The van der Waals surface area contributed by atoms with E-state index in [9.17, 15) is 0 Å². The third-order valence-electron chi connectivity index (χ3n) is 0.183.